The summed E-state index contributed by atoms with van der Waals surface area (Å²) in [7, 11) is 0. The van der Waals surface area contributed by atoms with Crippen LogP contribution in [0.2, 0.25) is 5.02 Å². The van der Waals surface area contributed by atoms with E-state index in [1.807, 2.05) is 18.2 Å². The largest absolute Gasteiger partial charge is 0.389 e. The van der Waals surface area contributed by atoms with Crippen LogP contribution in [0.3, 0.4) is 0 Å². The van der Waals surface area contributed by atoms with Gasteiger partial charge in [-0.25, -0.2) is 13.8 Å². The number of aromatic nitrogens is 3. The van der Waals surface area contributed by atoms with Gasteiger partial charge in [0.15, 0.2) is 0 Å². The number of nitrogens with zero attached hydrogens (tertiary/aromatic N) is 4. The van der Waals surface area contributed by atoms with Gasteiger partial charge in [-0.15, -0.1) is 0 Å². The molecule has 0 bridgehead atoms. The van der Waals surface area contributed by atoms with Crippen LogP contribution in [0, 0.1) is 11.6 Å². The van der Waals surface area contributed by atoms with Crippen molar-refractivity contribution in [2.75, 3.05) is 44.2 Å². The number of hydrogen-bond donors (Lipinski definition) is 3. The number of ether oxygens (including phenoxy) is 1. The van der Waals surface area contributed by atoms with Gasteiger partial charge in [0.25, 0.3) is 0 Å². The van der Waals surface area contributed by atoms with Crippen LogP contribution in [0.4, 0.5) is 14.5 Å². The van der Waals surface area contributed by atoms with Gasteiger partial charge in [-0.2, -0.15) is 5.10 Å². The summed E-state index contributed by atoms with van der Waals surface area (Å²) in [6, 6.07) is 9.11. The van der Waals surface area contributed by atoms with Crippen LogP contribution >= 0.6 is 11.6 Å². The van der Waals surface area contributed by atoms with Crippen molar-refractivity contribution in [2.45, 2.75) is 31.6 Å². The molecule has 204 valence electrons. The summed E-state index contributed by atoms with van der Waals surface area (Å²) in [6.07, 6.45) is 2.44. The molecule has 3 aromatic rings. The minimum Gasteiger partial charge on any atom is -0.389 e. The van der Waals surface area contributed by atoms with Gasteiger partial charge >= 0.3 is 0 Å². The average Bonchev–Trinajstić information content (AvgIpc) is 3.55. The highest BCUT2D eigenvalue weighted by molar-refractivity contribution is 6.30. The van der Waals surface area contributed by atoms with E-state index in [1.165, 1.54) is 29.0 Å². The Balaban J connectivity index is 1.13. The predicted octanol–water partition coefficient (Wildman–Crippen LogP) is 2.49. The molecule has 0 spiro atoms. The molecule has 1 aliphatic heterocycles. The third kappa shape index (κ3) is 7.94. The first-order valence-electron chi connectivity index (χ1n) is 12.5. The van der Waals surface area contributed by atoms with E-state index in [1.54, 1.807) is 0 Å². The summed E-state index contributed by atoms with van der Waals surface area (Å²) >= 11 is 6.10. The van der Waals surface area contributed by atoms with E-state index in [0.29, 0.717) is 31.1 Å². The maximum Gasteiger partial charge on any atom is 0.221 e. The van der Waals surface area contributed by atoms with Crippen LogP contribution in [0.15, 0.2) is 49.1 Å². The Bertz CT molecular complexity index is 1200. The zero-order valence-electron chi connectivity index (χ0n) is 20.8. The van der Waals surface area contributed by atoms with Crippen LogP contribution in [-0.4, -0.2) is 71.2 Å². The van der Waals surface area contributed by atoms with Crippen LogP contribution in [-0.2, 0) is 22.5 Å². The molecule has 0 saturated heterocycles. The number of benzene rings is 2. The Labute approximate surface area is 224 Å². The first-order valence-corrected chi connectivity index (χ1v) is 12.8. The molecule has 0 fully saturated rings. The minimum atomic E-state index is -0.880. The highest BCUT2D eigenvalue weighted by Gasteiger charge is 2.21. The molecule has 1 aliphatic rings. The first-order chi connectivity index (χ1) is 18.4. The lowest BCUT2D eigenvalue weighted by Crippen LogP contribution is -2.37. The van der Waals surface area contributed by atoms with Gasteiger partial charge in [0, 0.05) is 61.5 Å². The average molecular weight is 549 g/mol. The molecule has 2 aromatic carbocycles. The lowest BCUT2D eigenvalue weighted by atomic mass is 10.1. The summed E-state index contributed by atoms with van der Waals surface area (Å²) < 4.78 is 34.9. The van der Waals surface area contributed by atoms with E-state index in [0.717, 1.165) is 30.8 Å². The van der Waals surface area contributed by atoms with Crippen molar-refractivity contribution < 1.29 is 23.4 Å². The Morgan fingerprint density at radius 3 is 2.87 bits per heavy atom. The highest BCUT2D eigenvalue weighted by Crippen LogP contribution is 2.30. The van der Waals surface area contributed by atoms with Crippen molar-refractivity contribution in [3.05, 3.63) is 76.8 Å². The Morgan fingerprint density at radius 2 is 2.08 bits per heavy atom. The zero-order valence-corrected chi connectivity index (χ0v) is 21.6. The van der Waals surface area contributed by atoms with Gasteiger partial charge in [-0.3, -0.25) is 9.48 Å². The Hall–Kier alpha value is -3.12. The topological polar surface area (TPSA) is 105 Å². The summed E-state index contributed by atoms with van der Waals surface area (Å²) in [4.78, 5) is 18.3. The summed E-state index contributed by atoms with van der Waals surface area (Å²) in [5.74, 6) is -1.48. The van der Waals surface area contributed by atoms with E-state index in [4.69, 9.17) is 16.3 Å². The fraction of sp³-hybridized carbons (Fsp3) is 0.423. The molecular weight excluding hydrogens is 518 g/mol. The van der Waals surface area contributed by atoms with E-state index in [-0.39, 0.29) is 31.2 Å². The van der Waals surface area contributed by atoms with Gasteiger partial charge < -0.3 is 25.4 Å². The molecule has 12 heteroatoms. The fourth-order valence-electron chi connectivity index (χ4n) is 4.32. The number of rotatable bonds is 14. The highest BCUT2D eigenvalue weighted by atomic mass is 35.5. The number of aliphatic hydroxyl groups is 1. The second kappa shape index (κ2) is 13.6. The van der Waals surface area contributed by atoms with Gasteiger partial charge in [0.2, 0.25) is 5.91 Å². The molecule has 0 saturated carbocycles. The maximum absolute atomic E-state index is 14.3. The molecule has 0 radical (unpaired) electrons. The van der Waals surface area contributed by atoms with Gasteiger partial charge in [-0.1, -0.05) is 23.7 Å². The van der Waals surface area contributed by atoms with E-state index in [2.05, 4.69) is 25.6 Å². The predicted molar refractivity (Wildman–Crippen MR) is 139 cm³/mol. The number of amides is 1. The molecule has 1 aromatic heterocycles. The van der Waals surface area contributed by atoms with Crippen LogP contribution < -0.4 is 15.5 Å². The molecule has 9 nitrogen and oxygen atoms in total. The number of aliphatic hydroxyl groups excluding tert-OH is 1. The van der Waals surface area contributed by atoms with Crippen LogP contribution in [0.1, 0.15) is 23.7 Å². The standard InChI is InChI=1S/C26H31ClF2N6O3/c27-19-2-1-18-5-9-34(24(18)11-19)10-6-26(37)32-8-7-30-13-21(36)15-38-25(14-35-17-31-16-33-35)22-4-3-20(28)12-23(22)29/h1-4,11-12,16-17,21,25,30,36H,5-10,13-15H2,(H,32,37). The molecule has 2 unspecified atom stereocenters. The lowest BCUT2D eigenvalue weighted by molar-refractivity contribution is -0.120. The number of carbonyl (C=O) groups excluding carboxylic acids is 1. The van der Waals surface area contributed by atoms with E-state index in [9.17, 15) is 18.7 Å². The monoisotopic (exact) mass is 548 g/mol. The number of fused-ring (bicyclic) bond motifs is 1. The van der Waals surface area contributed by atoms with Crippen LogP contribution in [0.5, 0.6) is 0 Å². The molecule has 1 amide bonds. The van der Waals surface area contributed by atoms with Gasteiger partial charge in [0.1, 0.15) is 30.4 Å². The third-order valence-corrected chi connectivity index (χ3v) is 6.51. The molecule has 2 heterocycles. The van der Waals surface area contributed by atoms with Crippen molar-refractivity contribution >= 4 is 23.2 Å². The molecule has 3 N–H and O–H groups in total. The van der Waals surface area contributed by atoms with Gasteiger partial charge in [-0.05, 0) is 30.2 Å². The van der Waals surface area contributed by atoms with Crippen molar-refractivity contribution in [2.24, 2.45) is 0 Å². The summed E-state index contributed by atoms with van der Waals surface area (Å²) in [5.41, 5.74) is 2.49. The molecule has 0 aliphatic carbocycles. The Kier molecular flexibility index (Phi) is 9.99. The molecule has 2 atom stereocenters. The first kappa shape index (κ1) is 27.9. The van der Waals surface area contributed by atoms with Crippen molar-refractivity contribution in [3.8, 4) is 0 Å². The van der Waals surface area contributed by atoms with Gasteiger partial charge in [0.05, 0.1) is 19.3 Å². The number of carbonyl (C=O) groups is 1. The van der Waals surface area contributed by atoms with E-state index < -0.39 is 23.8 Å². The third-order valence-electron chi connectivity index (χ3n) is 6.27. The van der Waals surface area contributed by atoms with Crippen LogP contribution in [0.25, 0.3) is 0 Å². The second-order valence-corrected chi connectivity index (χ2v) is 9.51. The number of halogens is 3. The van der Waals surface area contributed by atoms with Crippen molar-refractivity contribution in [3.63, 3.8) is 0 Å². The molecule has 38 heavy (non-hydrogen) atoms. The summed E-state index contributed by atoms with van der Waals surface area (Å²) in [6.45, 7) is 2.63. The molecule has 4 rings (SSSR count). The molecular formula is C26H31ClF2N6O3. The number of anilines is 1. The normalized spacial score (nSPS) is 14.4. The second-order valence-electron chi connectivity index (χ2n) is 9.07. The zero-order chi connectivity index (χ0) is 26.9. The smallest absolute Gasteiger partial charge is 0.221 e. The summed E-state index contributed by atoms with van der Waals surface area (Å²) in [5, 5.41) is 20.9. The lowest BCUT2D eigenvalue weighted by Gasteiger charge is -2.21. The quantitative estimate of drug-likeness (QED) is 0.266. The number of nitrogens with one attached hydrogen (secondary N) is 2. The van der Waals surface area contributed by atoms with Crippen molar-refractivity contribution in [1.29, 1.82) is 0 Å². The van der Waals surface area contributed by atoms with E-state index >= 15 is 0 Å². The number of hydrogen-bond acceptors (Lipinski definition) is 7. The Morgan fingerprint density at radius 1 is 1.21 bits per heavy atom. The maximum atomic E-state index is 14.3. The van der Waals surface area contributed by atoms with Crippen molar-refractivity contribution in [1.82, 2.24) is 25.4 Å². The fourth-order valence-corrected chi connectivity index (χ4v) is 4.49. The SMILES string of the molecule is O=C(CCN1CCc2ccc(Cl)cc21)NCCNCC(O)COC(Cn1cncn1)c1ccc(F)cc1F. The minimum absolute atomic E-state index is 0.0524.